The van der Waals surface area contributed by atoms with Crippen LogP contribution < -0.4 is 20.2 Å². The third-order valence-electron chi connectivity index (χ3n) is 3.69. The lowest BCUT2D eigenvalue weighted by Crippen LogP contribution is -2.24. The Morgan fingerprint density at radius 2 is 2.03 bits per heavy atom. The minimum atomic E-state index is -0.535. The Bertz CT molecular complexity index is 967. The van der Waals surface area contributed by atoms with Crippen molar-refractivity contribution in [3.05, 3.63) is 52.0 Å². The van der Waals surface area contributed by atoms with Gasteiger partial charge in [0.1, 0.15) is 13.0 Å². The van der Waals surface area contributed by atoms with E-state index in [-0.39, 0.29) is 13.0 Å². The number of hydrogen-bond donors (Lipinski definition) is 2. The van der Waals surface area contributed by atoms with Crippen molar-refractivity contribution in [2.24, 2.45) is 5.10 Å². The van der Waals surface area contributed by atoms with Crippen molar-refractivity contribution >= 4 is 39.6 Å². The average molecular weight is 458 g/mol. The lowest BCUT2D eigenvalue weighted by atomic mass is 10.2. The molecule has 7 nitrogen and oxygen atoms in total. The largest absolute Gasteiger partial charge is 0.493 e. The Hall–Kier alpha value is -3.31. The number of carbonyl (C=O) groups is 2. The maximum absolute atomic E-state index is 12.0. The first kappa shape index (κ1) is 22.0. The van der Waals surface area contributed by atoms with Crippen LogP contribution in [-0.4, -0.2) is 31.7 Å². The maximum atomic E-state index is 12.0. The summed E-state index contributed by atoms with van der Waals surface area (Å²) >= 11 is 3.38. The zero-order valence-corrected chi connectivity index (χ0v) is 17.6. The van der Waals surface area contributed by atoms with E-state index in [0.717, 1.165) is 5.56 Å². The molecular formula is C21H20BrN3O4. The molecule has 0 fully saturated rings. The van der Waals surface area contributed by atoms with Gasteiger partial charge in [0.05, 0.1) is 17.8 Å². The van der Waals surface area contributed by atoms with Gasteiger partial charge in [-0.1, -0.05) is 24.1 Å². The van der Waals surface area contributed by atoms with Crippen LogP contribution in [0.5, 0.6) is 11.5 Å². The van der Waals surface area contributed by atoms with Gasteiger partial charge in [-0.25, -0.2) is 5.43 Å². The summed E-state index contributed by atoms with van der Waals surface area (Å²) in [6.45, 7) is 1.97. The number of para-hydroxylation sites is 1. The van der Waals surface area contributed by atoms with E-state index < -0.39 is 11.8 Å². The molecule has 0 spiro atoms. The molecule has 0 saturated heterocycles. The van der Waals surface area contributed by atoms with Crippen LogP contribution in [0.15, 0.2) is 46.0 Å². The van der Waals surface area contributed by atoms with Crippen LogP contribution in [0.4, 0.5) is 5.69 Å². The standard InChI is InChI=1S/C21H20BrN3O4/c1-4-9-29-21-16(22)10-15(11-18(21)28-3)13-23-25-20(27)12-19(26)24-17-8-6-5-7-14(17)2/h1,5-8,10-11,13H,9,12H2,2-3H3,(H,24,26)(H,25,27). The highest BCUT2D eigenvalue weighted by Crippen LogP contribution is 2.36. The molecule has 0 radical (unpaired) electrons. The number of rotatable bonds is 8. The highest BCUT2D eigenvalue weighted by atomic mass is 79.9. The molecule has 0 aromatic heterocycles. The molecule has 0 aliphatic carbocycles. The molecule has 0 aliphatic heterocycles. The van der Waals surface area contributed by atoms with Gasteiger partial charge < -0.3 is 14.8 Å². The van der Waals surface area contributed by atoms with Gasteiger partial charge in [-0.3, -0.25) is 9.59 Å². The zero-order valence-electron chi connectivity index (χ0n) is 16.0. The summed E-state index contributed by atoms with van der Waals surface area (Å²) in [5.41, 5.74) is 4.54. The Balaban J connectivity index is 1.94. The number of halogens is 1. The molecule has 0 heterocycles. The number of benzene rings is 2. The number of hydrazone groups is 1. The number of nitrogens with one attached hydrogen (secondary N) is 2. The summed E-state index contributed by atoms with van der Waals surface area (Å²) < 4.78 is 11.3. The van der Waals surface area contributed by atoms with Crippen molar-refractivity contribution in [2.45, 2.75) is 13.3 Å². The molecule has 150 valence electrons. The van der Waals surface area contributed by atoms with Gasteiger partial charge >= 0.3 is 0 Å². The number of aryl methyl sites for hydroxylation is 1. The third kappa shape index (κ3) is 6.66. The summed E-state index contributed by atoms with van der Waals surface area (Å²) in [7, 11) is 1.50. The predicted molar refractivity (Wildman–Crippen MR) is 115 cm³/mol. The molecule has 0 saturated carbocycles. The summed E-state index contributed by atoms with van der Waals surface area (Å²) in [6.07, 6.45) is 6.28. The fourth-order valence-electron chi connectivity index (χ4n) is 2.34. The Kier molecular flexibility index (Phi) is 8.25. The predicted octanol–water partition coefficient (Wildman–Crippen LogP) is 3.26. The van der Waals surface area contributed by atoms with E-state index in [0.29, 0.717) is 27.2 Å². The molecule has 2 aromatic carbocycles. The molecule has 2 aromatic rings. The monoisotopic (exact) mass is 457 g/mol. The van der Waals surface area contributed by atoms with E-state index in [9.17, 15) is 9.59 Å². The van der Waals surface area contributed by atoms with E-state index in [1.54, 1.807) is 18.2 Å². The molecule has 0 atom stereocenters. The Morgan fingerprint density at radius 1 is 1.28 bits per heavy atom. The first-order valence-electron chi connectivity index (χ1n) is 8.55. The van der Waals surface area contributed by atoms with E-state index in [1.165, 1.54) is 13.3 Å². The molecule has 29 heavy (non-hydrogen) atoms. The van der Waals surface area contributed by atoms with Crippen molar-refractivity contribution < 1.29 is 19.1 Å². The molecule has 0 aliphatic rings. The number of amides is 2. The zero-order chi connectivity index (χ0) is 21.2. The highest BCUT2D eigenvalue weighted by molar-refractivity contribution is 9.10. The van der Waals surface area contributed by atoms with Crippen LogP contribution in [-0.2, 0) is 9.59 Å². The summed E-state index contributed by atoms with van der Waals surface area (Å²) in [5, 5.41) is 6.57. The van der Waals surface area contributed by atoms with Gasteiger partial charge in [0, 0.05) is 5.69 Å². The number of anilines is 1. The van der Waals surface area contributed by atoms with Crippen LogP contribution >= 0.6 is 15.9 Å². The van der Waals surface area contributed by atoms with Crippen molar-refractivity contribution in [2.75, 3.05) is 19.0 Å². The minimum absolute atomic E-state index is 0.100. The smallest absolute Gasteiger partial charge is 0.249 e. The van der Waals surface area contributed by atoms with Gasteiger partial charge in [0.2, 0.25) is 11.8 Å². The fourth-order valence-corrected chi connectivity index (χ4v) is 2.91. The summed E-state index contributed by atoms with van der Waals surface area (Å²) in [6, 6.07) is 10.7. The van der Waals surface area contributed by atoms with Gasteiger partial charge in [-0.15, -0.1) is 6.42 Å². The number of hydrogen-bond acceptors (Lipinski definition) is 5. The summed E-state index contributed by atoms with van der Waals surface area (Å²) in [4.78, 5) is 23.9. The van der Waals surface area contributed by atoms with E-state index in [1.807, 2.05) is 25.1 Å². The maximum Gasteiger partial charge on any atom is 0.249 e. The van der Waals surface area contributed by atoms with E-state index >= 15 is 0 Å². The van der Waals surface area contributed by atoms with Crippen molar-refractivity contribution in [1.29, 1.82) is 0 Å². The minimum Gasteiger partial charge on any atom is -0.493 e. The Morgan fingerprint density at radius 3 is 2.72 bits per heavy atom. The molecular weight excluding hydrogens is 438 g/mol. The van der Waals surface area contributed by atoms with Crippen LogP contribution in [0.2, 0.25) is 0 Å². The van der Waals surface area contributed by atoms with E-state index in [2.05, 4.69) is 37.7 Å². The number of methoxy groups -OCH3 is 1. The van der Waals surface area contributed by atoms with Gasteiger partial charge in [-0.05, 0) is 52.2 Å². The second-order valence-corrected chi connectivity index (χ2v) is 6.71. The quantitative estimate of drug-likeness (QED) is 0.275. The average Bonchev–Trinajstić information content (AvgIpc) is 2.68. The molecule has 2 amide bonds. The molecule has 2 rings (SSSR count). The highest BCUT2D eigenvalue weighted by Gasteiger charge is 2.12. The number of carbonyl (C=O) groups excluding carboxylic acids is 2. The van der Waals surface area contributed by atoms with Crippen LogP contribution in [0, 0.1) is 19.3 Å². The van der Waals surface area contributed by atoms with Gasteiger partial charge in [0.25, 0.3) is 0 Å². The van der Waals surface area contributed by atoms with Crippen molar-refractivity contribution in [3.8, 4) is 23.8 Å². The van der Waals surface area contributed by atoms with Gasteiger partial charge in [0.15, 0.2) is 11.5 Å². The normalized spacial score (nSPS) is 10.3. The van der Waals surface area contributed by atoms with Crippen molar-refractivity contribution in [1.82, 2.24) is 5.43 Å². The second-order valence-electron chi connectivity index (χ2n) is 5.86. The van der Waals surface area contributed by atoms with E-state index in [4.69, 9.17) is 15.9 Å². The lowest BCUT2D eigenvalue weighted by molar-refractivity contribution is -0.126. The van der Waals surface area contributed by atoms with Crippen LogP contribution in [0.25, 0.3) is 0 Å². The van der Waals surface area contributed by atoms with Crippen LogP contribution in [0.3, 0.4) is 0 Å². The topological polar surface area (TPSA) is 89.0 Å². The first-order valence-corrected chi connectivity index (χ1v) is 9.35. The van der Waals surface area contributed by atoms with Crippen molar-refractivity contribution in [3.63, 3.8) is 0 Å². The third-order valence-corrected chi connectivity index (χ3v) is 4.28. The first-order chi connectivity index (χ1) is 13.9. The molecule has 0 bridgehead atoms. The fraction of sp³-hybridized carbons (Fsp3) is 0.190. The number of nitrogens with zero attached hydrogens (tertiary/aromatic N) is 1. The number of terminal acetylenes is 1. The SMILES string of the molecule is C#CCOc1c(Br)cc(C=NNC(=O)CC(=O)Nc2ccccc2C)cc1OC. The lowest BCUT2D eigenvalue weighted by Gasteiger charge is -2.11. The molecule has 0 unspecified atom stereocenters. The second kappa shape index (κ2) is 10.9. The van der Waals surface area contributed by atoms with Crippen LogP contribution in [0.1, 0.15) is 17.5 Å². The van der Waals surface area contributed by atoms with Gasteiger partial charge in [-0.2, -0.15) is 5.10 Å². The number of ether oxygens (including phenoxy) is 2. The molecule has 8 heteroatoms. The summed E-state index contributed by atoms with van der Waals surface area (Å²) in [5.74, 6) is 2.36. The Labute approximate surface area is 177 Å². The molecule has 2 N–H and O–H groups in total.